The Hall–Kier alpha value is -8.19. The number of benzene rings is 6. The topological polar surface area (TPSA) is 192 Å². The zero-order valence-electron chi connectivity index (χ0n) is 47.1. The summed E-state index contributed by atoms with van der Waals surface area (Å²) in [4.78, 5) is 64.3. The van der Waals surface area contributed by atoms with Gasteiger partial charge in [-0.2, -0.15) is 14.5 Å². The molecule has 80 heavy (non-hydrogen) atoms. The molecule has 3 aliphatic rings. The van der Waals surface area contributed by atoms with Crippen LogP contribution in [-0.4, -0.2) is 45.4 Å². The van der Waals surface area contributed by atoms with Crippen molar-refractivity contribution in [2.24, 2.45) is 0 Å². The van der Waals surface area contributed by atoms with E-state index in [9.17, 15) is 29.7 Å². The highest BCUT2D eigenvalue weighted by molar-refractivity contribution is 6.01. The molecule has 13 nitrogen and oxygen atoms in total. The van der Waals surface area contributed by atoms with Gasteiger partial charge in [0.1, 0.15) is 41.3 Å². The first kappa shape index (κ1) is 61.0. The van der Waals surface area contributed by atoms with Gasteiger partial charge in [-0.05, 0) is 192 Å². The third kappa shape index (κ3) is 16.7. The molecule has 0 fully saturated rings. The third-order valence-corrected chi connectivity index (χ3v) is 13.6. The zero-order valence-corrected chi connectivity index (χ0v) is 47.1. The van der Waals surface area contributed by atoms with Crippen LogP contribution in [0.25, 0.3) is 0 Å². The second-order valence-corrected chi connectivity index (χ2v) is 20.6. The number of aliphatic hydroxyl groups is 2. The standard InChI is InChI=1S/C23H26O4.C22H24O3.C21H22O4.CO2/c1-5-25-27-19-10-8-17(9-11-19)22-14-21(24)20-13-18(7-6-15(2)3)16(4)12-23(20)26-22;1-14(2)4-7-17-10-19-20(24)12-21(16-8-5-15(3)6-9-16)25-22(19)11-18(17)13-23;1-13(2)3-4-15-9-18-19(24)11-20(14-5-7-17(23)8-6-14)25-21(18)10-16(15)12-22;2-1-3/h6,8-13,22H,5,7,14H2,1-4H3;4-6,8-11,21,23H,7,12-13H2,1-3H3;3,5-10,20,22-23H,4,11-12H2,1-2H3;. The molecular weight excluding hydrogens is 1010 g/mol. The summed E-state index contributed by atoms with van der Waals surface area (Å²) in [6.07, 6.45) is 8.84. The van der Waals surface area contributed by atoms with Crippen molar-refractivity contribution in [1.29, 1.82) is 0 Å². The fourth-order valence-corrected chi connectivity index (χ4v) is 9.16. The molecule has 0 aromatic heterocycles. The van der Waals surface area contributed by atoms with Gasteiger partial charge in [-0.3, -0.25) is 14.4 Å². The Bertz CT molecular complexity index is 3110. The summed E-state index contributed by atoms with van der Waals surface area (Å²) in [5.41, 5.74) is 15.4. The van der Waals surface area contributed by atoms with Crippen LogP contribution in [0, 0.1) is 13.8 Å². The average Bonchev–Trinajstić information content (AvgIpc) is 3.50. The highest BCUT2D eigenvalue weighted by atomic mass is 17.2. The summed E-state index contributed by atoms with van der Waals surface area (Å²) in [6.45, 7) is 18.6. The second-order valence-electron chi connectivity index (χ2n) is 20.6. The lowest BCUT2D eigenvalue weighted by Crippen LogP contribution is -2.21. The predicted molar refractivity (Wildman–Crippen MR) is 305 cm³/mol. The van der Waals surface area contributed by atoms with Crippen molar-refractivity contribution in [3.63, 3.8) is 0 Å². The lowest BCUT2D eigenvalue weighted by molar-refractivity contribution is -0.202. The van der Waals surface area contributed by atoms with E-state index < -0.39 is 0 Å². The number of aliphatic hydroxyl groups excluding tert-OH is 2. The van der Waals surface area contributed by atoms with Crippen molar-refractivity contribution in [2.45, 2.75) is 132 Å². The fraction of sp³-hybridized carbons (Fsp3) is 0.313. The minimum Gasteiger partial charge on any atom is -0.508 e. The van der Waals surface area contributed by atoms with E-state index in [0.717, 1.165) is 50.9 Å². The van der Waals surface area contributed by atoms with E-state index in [1.54, 1.807) is 30.3 Å². The molecule has 3 unspecified atom stereocenters. The fourth-order valence-electron chi connectivity index (χ4n) is 9.16. The van der Waals surface area contributed by atoms with Gasteiger partial charge in [-0.1, -0.05) is 89.0 Å². The highest BCUT2D eigenvalue weighted by Gasteiger charge is 2.31. The van der Waals surface area contributed by atoms with Crippen LogP contribution in [0.15, 0.2) is 144 Å². The quantitative estimate of drug-likeness (QED) is 0.0531. The van der Waals surface area contributed by atoms with Crippen LogP contribution >= 0.6 is 0 Å². The third-order valence-electron chi connectivity index (χ3n) is 13.6. The number of phenolic OH excluding ortho intramolecular Hbond substituents is 1. The Morgan fingerprint density at radius 2 is 0.875 bits per heavy atom. The summed E-state index contributed by atoms with van der Waals surface area (Å²) in [6, 6.07) is 33.5. The molecule has 0 amide bonds. The van der Waals surface area contributed by atoms with Gasteiger partial charge in [0.2, 0.25) is 0 Å². The molecule has 0 saturated carbocycles. The van der Waals surface area contributed by atoms with E-state index >= 15 is 0 Å². The number of aromatic hydroxyl groups is 1. The molecule has 3 N–H and O–H groups in total. The largest absolute Gasteiger partial charge is 0.508 e. The molecule has 0 spiro atoms. The molecule has 3 atom stereocenters. The van der Waals surface area contributed by atoms with Crippen molar-refractivity contribution in [3.05, 3.63) is 216 Å². The van der Waals surface area contributed by atoms with Gasteiger partial charge in [0, 0.05) is 0 Å². The maximum Gasteiger partial charge on any atom is 0.373 e. The van der Waals surface area contributed by atoms with Crippen LogP contribution in [0.3, 0.4) is 0 Å². The Kier molecular flexibility index (Phi) is 22.2. The minimum atomic E-state index is -0.379. The van der Waals surface area contributed by atoms with Crippen LogP contribution in [0.5, 0.6) is 28.7 Å². The number of hydrogen-bond acceptors (Lipinski definition) is 13. The Labute approximate surface area is 469 Å². The summed E-state index contributed by atoms with van der Waals surface area (Å²) < 4.78 is 18.3. The number of Topliss-reactive ketones (excluding diaryl/α,β-unsaturated/α-hetero) is 3. The average molecular weight is 1090 g/mol. The SMILES string of the molecule is CC(C)=CCc1cc2c(cc1CO)OC(c1ccc(C)cc1)CC2=O.CC(C)=CCc1cc2c(cc1CO)OC(c1ccc(O)cc1)CC2=O.CCOOc1ccc(C2CC(=O)c3cc(CC=C(C)C)c(C)cc3O2)cc1.O=C=O. The number of ether oxygens (including phenoxy) is 3. The van der Waals surface area contributed by atoms with E-state index in [1.165, 1.54) is 27.8 Å². The van der Waals surface area contributed by atoms with Crippen molar-refractivity contribution in [1.82, 2.24) is 0 Å². The van der Waals surface area contributed by atoms with Crippen molar-refractivity contribution in [3.8, 4) is 28.7 Å². The number of allylic oxidation sites excluding steroid dienone is 6. The summed E-state index contributed by atoms with van der Waals surface area (Å²) in [5, 5.41) is 28.8. The molecule has 0 radical (unpaired) electrons. The Morgan fingerprint density at radius 3 is 1.25 bits per heavy atom. The first-order valence-electron chi connectivity index (χ1n) is 26.8. The smallest absolute Gasteiger partial charge is 0.373 e. The molecule has 6 aromatic rings. The molecule has 0 aliphatic carbocycles. The number of carbonyl (C=O) groups is 3. The van der Waals surface area contributed by atoms with Crippen LogP contribution in [0.1, 0.15) is 173 Å². The van der Waals surface area contributed by atoms with Crippen LogP contribution < -0.4 is 19.1 Å². The van der Waals surface area contributed by atoms with Crippen LogP contribution in [0.2, 0.25) is 0 Å². The number of hydrogen-bond donors (Lipinski definition) is 3. The van der Waals surface area contributed by atoms with Gasteiger partial charge in [-0.25, -0.2) is 0 Å². The first-order valence-corrected chi connectivity index (χ1v) is 26.8. The lowest BCUT2D eigenvalue weighted by atomic mass is 9.92. The maximum atomic E-state index is 12.7. The zero-order chi connectivity index (χ0) is 58.0. The lowest BCUT2D eigenvalue weighted by Gasteiger charge is -2.27. The Balaban J connectivity index is 0.000000189. The Morgan fingerprint density at radius 1 is 0.525 bits per heavy atom. The molecule has 0 saturated heterocycles. The molecule has 3 heterocycles. The van der Waals surface area contributed by atoms with Gasteiger partial charge in [0.25, 0.3) is 0 Å². The second kappa shape index (κ2) is 29.1. The van der Waals surface area contributed by atoms with Crippen molar-refractivity contribution in [2.75, 3.05) is 6.61 Å². The van der Waals surface area contributed by atoms with E-state index in [1.807, 2.05) is 120 Å². The predicted octanol–water partition coefficient (Wildman–Crippen LogP) is 13.8. The summed E-state index contributed by atoms with van der Waals surface area (Å²) in [5.74, 6) is 2.81. The summed E-state index contributed by atoms with van der Waals surface area (Å²) in [7, 11) is 0. The van der Waals surface area contributed by atoms with Crippen molar-refractivity contribution >= 4 is 23.5 Å². The normalized spacial score (nSPS) is 15.5. The number of phenols is 1. The molecular formula is C67H72O13. The van der Waals surface area contributed by atoms with E-state index in [2.05, 4.69) is 39.0 Å². The number of rotatable bonds is 14. The van der Waals surface area contributed by atoms with Crippen molar-refractivity contribution < 1.29 is 63.3 Å². The molecule has 13 heteroatoms. The molecule has 3 aliphatic heterocycles. The molecule has 418 valence electrons. The van der Waals surface area contributed by atoms with Gasteiger partial charge in [-0.15, -0.1) is 0 Å². The minimum absolute atomic E-state index is 0.0299. The number of aryl methyl sites for hydroxylation is 2. The van der Waals surface area contributed by atoms with E-state index in [4.69, 9.17) is 33.6 Å². The highest BCUT2D eigenvalue weighted by Crippen LogP contribution is 2.40. The summed E-state index contributed by atoms with van der Waals surface area (Å²) >= 11 is 0. The van der Waals surface area contributed by atoms with Gasteiger partial charge in [0.05, 0.1) is 55.8 Å². The monoisotopic (exact) mass is 1080 g/mol. The molecule has 0 bridgehead atoms. The maximum absolute atomic E-state index is 12.7. The molecule has 9 rings (SSSR count). The van der Waals surface area contributed by atoms with Crippen LogP contribution in [0.4, 0.5) is 0 Å². The van der Waals surface area contributed by atoms with Crippen LogP contribution in [-0.2, 0) is 47.0 Å². The molecule has 6 aromatic carbocycles. The van der Waals surface area contributed by atoms with E-state index in [-0.39, 0.29) is 67.2 Å². The van der Waals surface area contributed by atoms with Gasteiger partial charge < -0.3 is 34.4 Å². The number of carbonyl (C=O) groups excluding carboxylic acids is 5. The van der Waals surface area contributed by atoms with E-state index in [0.29, 0.717) is 72.0 Å². The van der Waals surface area contributed by atoms with Gasteiger partial charge in [0.15, 0.2) is 23.1 Å². The first-order chi connectivity index (χ1) is 38.3. The number of fused-ring (bicyclic) bond motifs is 3. The van der Waals surface area contributed by atoms with Gasteiger partial charge >= 0.3 is 6.15 Å². The number of ketones is 3.